The summed E-state index contributed by atoms with van der Waals surface area (Å²) in [7, 11) is 3.16. The van der Waals surface area contributed by atoms with Crippen molar-refractivity contribution in [1.29, 1.82) is 0 Å². The summed E-state index contributed by atoms with van der Waals surface area (Å²) in [6.07, 6.45) is 0. The molecule has 0 saturated heterocycles. The van der Waals surface area contributed by atoms with E-state index in [1.165, 1.54) is 0 Å². The van der Waals surface area contributed by atoms with E-state index in [2.05, 4.69) is 5.32 Å². The molecule has 0 saturated carbocycles. The van der Waals surface area contributed by atoms with Gasteiger partial charge in [-0.15, -0.1) is 0 Å². The van der Waals surface area contributed by atoms with E-state index in [-0.39, 0.29) is 12.5 Å². The molecule has 1 N–H and O–H groups in total. The highest BCUT2D eigenvalue weighted by Gasteiger charge is 2.14. The highest BCUT2D eigenvalue weighted by atomic mass is 35.5. The van der Waals surface area contributed by atoms with Crippen LogP contribution in [-0.4, -0.2) is 20.1 Å². The Labute approximate surface area is 181 Å². The largest absolute Gasteiger partial charge is 0.496 e. The number of benzene rings is 3. The molecule has 3 aromatic rings. The number of anilines is 1. The molecule has 1 amide bonds. The Morgan fingerprint density at radius 2 is 1.67 bits per heavy atom. The van der Waals surface area contributed by atoms with Gasteiger partial charge in [0.25, 0.3) is 5.91 Å². The van der Waals surface area contributed by atoms with Crippen LogP contribution in [0.15, 0.2) is 54.6 Å². The standard InChI is InChI=1S/C24H24ClNO4/c1-15-5-9-23(29-4)21(11-15)26-24(27)17-6-10-22(28-3)18(13-17)14-30-19-7-8-20(25)16(2)12-19/h5-13H,14H2,1-4H3,(H,26,27). The molecule has 0 heterocycles. The van der Waals surface area contributed by atoms with E-state index in [9.17, 15) is 4.79 Å². The number of methoxy groups -OCH3 is 2. The van der Waals surface area contributed by atoms with E-state index >= 15 is 0 Å². The number of carbonyl (C=O) groups is 1. The summed E-state index contributed by atoms with van der Waals surface area (Å²) in [6.45, 7) is 4.12. The van der Waals surface area contributed by atoms with Gasteiger partial charge in [-0.05, 0) is 73.5 Å². The monoisotopic (exact) mass is 425 g/mol. The molecule has 0 radical (unpaired) electrons. The fourth-order valence-corrected chi connectivity index (χ4v) is 3.13. The minimum atomic E-state index is -0.245. The molecule has 0 aliphatic carbocycles. The zero-order valence-corrected chi connectivity index (χ0v) is 18.2. The summed E-state index contributed by atoms with van der Waals surface area (Å²) in [4.78, 5) is 12.8. The topological polar surface area (TPSA) is 56.8 Å². The van der Waals surface area contributed by atoms with Gasteiger partial charge < -0.3 is 19.5 Å². The van der Waals surface area contributed by atoms with Crippen molar-refractivity contribution in [2.75, 3.05) is 19.5 Å². The first-order valence-electron chi connectivity index (χ1n) is 9.43. The summed E-state index contributed by atoms with van der Waals surface area (Å²) in [5.74, 6) is 1.69. The van der Waals surface area contributed by atoms with Gasteiger partial charge in [-0.1, -0.05) is 17.7 Å². The van der Waals surface area contributed by atoms with E-state index in [1.807, 2.05) is 44.2 Å². The maximum Gasteiger partial charge on any atom is 0.255 e. The van der Waals surface area contributed by atoms with Gasteiger partial charge in [0.2, 0.25) is 0 Å². The van der Waals surface area contributed by atoms with E-state index in [1.54, 1.807) is 38.5 Å². The second-order valence-electron chi connectivity index (χ2n) is 6.88. The van der Waals surface area contributed by atoms with Crippen LogP contribution in [0, 0.1) is 13.8 Å². The first kappa shape index (κ1) is 21.5. The molecule has 0 bridgehead atoms. The van der Waals surface area contributed by atoms with E-state index in [0.717, 1.165) is 16.7 Å². The van der Waals surface area contributed by atoms with E-state index in [0.29, 0.717) is 33.5 Å². The predicted molar refractivity (Wildman–Crippen MR) is 119 cm³/mol. The number of hydrogen-bond acceptors (Lipinski definition) is 4. The number of nitrogens with one attached hydrogen (secondary N) is 1. The molecule has 0 spiro atoms. The van der Waals surface area contributed by atoms with Crippen LogP contribution in [0.25, 0.3) is 0 Å². The van der Waals surface area contributed by atoms with Gasteiger partial charge in [0.05, 0.1) is 19.9 Å². The number of ether oxygens (including phenoxy) is 3. The molecule has 3 aromatic carbocycles. The maximum atomic E-state index is 12.8. The van der Waals surface area contributed by atoms with Gasteiger partial charge in [-0.25, -0.2) is 0 Å². The molecule has 156 valence electrons. The van der Waals surface area contributed by atoms with Gasteiger partial charge in [-0.2, -0.15) is 0 Å². The summed E-state index contributed by atoms with van der Waals surface area (Å²) in [6, 6.07) is 16.3. The minimum Gasteiger partial charge on any atom is -0.496 e. The maximum absolute atomic E-state index is 12.8. The quantitative estimate of drug-likeness (QED) is 0.519. The van der Waals surface area contributed by atoms with Crippen molar-refractivity contribution in [3.8, 4) is 17.2 Å². The first-order chi connectivity index (χ1) is 14.4. The second kappa shape index (κ2) is 9.55. The Kier molecular flexibility index (Phi) is 6.85. The SMILES string of the molecule is COc1ccc(C(=O)Nc2cc(C)ccc2OC)cc1COc1ccc(Cl)c(C)c1. The van der Waals surface area contributed by atoms with Crippen LogP contribution in [0.4, 0.5) is 5.69 Å². The van der Waals surface area contributed by atoms with Crippen LogP contribution in [0.1, 0.15) is 27.0 Å². The molecule has 5 nitrogen and oxygen atoms in total. The van der Waals surface area contributed by atoms with Crippen LogP contribution >= 0.6 is 11.6 Å². The summed E-state index contributed by atoms with van der Waals surface area (Å²) in [5, 5.41) is 3.60. The van der Waals surface area contributed by atoms with Crippen molar-refractivity contribution >= 4 is 23.2 Å². The Morgan fingerprint density at radius 3 is 2.37 bits per heavy atom. The molecular formula is C24H24ClNO4. The zero-order chi connectivity index (χ0) is 21.7. The molecule has 30 heavy (non-hydrogen) atoms. The van der Waals surface area contributed by atoms with Crippen LogP contribution < -0.4 is 19.5 Å². The molecule has 0 unspecified atom stereocenters. The van der Waals surface area contributed by atoms with Crippen molar-refractivity contribution in [2.45, 2.75) is 20.5 Å². The number of hydrogen-bond donors (Lipinski definition) is 1. The van der Waals surface area contributed by atoms with Gasteiger partial charge in [0, 0.05) is 16.1 Å². The fourth-order valence-electron chi connectivity index (χ4n) is 3.01. The Bertz CT molecular complexity index is 1070. The normalized spacial score (nSPS) is 10.4. The first-order valence-corrected chi connectivity index (χ1v) is 9.81. The minimum absolute atomic E-state index is 0.245. The lowest BCUT2D eigenvalue weighted by atomic mass is 10.1. The number of halogens is 1. The molecule has 0 aliphatic heterocycles. The number of aryl methyl sites for hydroxylation is 2. The average molecular weight is 426 g/mol. The highest BCUT2D eigenvalue weighted by Crippen LogP contribution is 2.28. The number of rotatable bonds is 7. The van der Waals surface area contributed by atoms with Crippen LogP contribution in [0.5, 0.6) is 17.2 Å². The lowest BCUT2D eigenvalue weighted by molar-refractivity contribution is 0.102. The third kappa shape index (κ3) is 5.05. The Hall–Kier alpha value is -3.18. The van der Waals surface area contributed by atoms with Crippen molar-refractivity contribution in [1.82, 2.24) is 0 Å². The van der Waals surface area contributed by atoms with Gasteiger partial charge in [0.1, 0.15) is 23.9 Å². The second-order valence-corrected chi connectivity index (χ2v) is 7.29. The number of carbonyl (C=O) groups excluding carboxylic acids is 1. The van der Waals surface area contributed by atoms with Crippen molar-refractivity contribution in [3.05, 3.63) is 81.9 Å². The molecule has 0 atom stereocenters. The Balaban J connectivity index is 1.80. The predicted octanol–water partition coefficient (Wildman–Crippen LogP) is 5.81. The van der Waals surface area contributed by atoms with Crippen molar-refractivity contribution < 1.29 is 19.0 Å². The van der Waals surface area contributed by atoms with Crippen LogP contribution in [0.2, 0.25) is 5.02 Å². The summed E-state index contributed by atoms with van der Waals surface area (Å²) < 4.78 is 16.7. The van der Waals surface area contributed by atoms with E-state index in [4.69, 9.17) is 25.8 Å². The smallest absolute Gasteiger partial charge is 0.255 e. The van der Waals surface area contributed by atoms with Crippen molar-refractivity contribution in [3.63, 3.8) is 0 Å². The number of amides is 1. The third-order valence-corrected chi connectivity index (χ3v) is 5.09. The Morgan fingerprint density at radius 1 is 0.933 bits per heavy atom. The van der Waals surface area contributed by atoms with Gasteiger partial charge in [0.15, 0.2) is 0 Å². The highest BCUT2D eigenvalue weighted by molar-refractivity contribution is 6.31. The fraction of sp³-hybridized carbons (Fsp3) is 0.208. The van der Waals surface area contributed by atoms with E-state index < -0.39 is 0 Å². The molecule has 0 aliphatic rings. The average Bonchev–Trinajstić information content (AvgIpc) is 2.74. The van der Waals surface area contributed by atoms with Crippen molar-refractivity contribution in [2.24, 2.45) is 0 Å². The van der Waals surface area contributed by atoms with Gasteiger partial charge >= 0.3 is 0 Å². The lowest BCUT2D eigenvalue weighted by Crippen LogP contribution is -2.13. The van der Waals surface area contributed by atoms with Crippen LogP contribution in [-0.2, 0) is 6.61 Å². The molecule has 6 heteroatoms. The van der Waals surface area contributed by atoms with Gasteiger partial charge in [-0.3, -0.25) is 4.79 Å². The lowest BCUT2D eigenvalue weighted by Gasteiger charge is -2.14. The van der Waals surface area contributed by atoms with Crippen LogP contribution in [0.3, 0.4) is 0 Å². The molecular weight excluding hydrogens is 402 g/mol. The summed E-state index contributed by atoms with van der Waals surface area (Å²) in [5.41, 5.74) is 3.82. The zero-order valence-electron chi connectivity index (χ0n) is 17.4. The molecule has 3 rings (SSSR count). The molecule has 0 fully saturated rings. The summed E-state index contributed by atoms with van der Waals surface area (Å²) >= 11 is 6.07. The molecule has 0 aromatic heterocycles. The third-order valence-electron chi connectivity index (χ3n) is 4.67.